The minimum atomic E-state index is 1.15. The monoisotopic (exact) mass is 610 g/mol. The van der Waals surface area contributed by atoms with Crippen LogP contribution in [0.2, 0.25) is 0 Å². The van der Waals surface area contributed by atoms with Crippen LogP contribution in [0.1, 0.15) is 0 Å². The zero-order chi connectivity index (χ0) is 31.6. The van der Waals surface area contributed by atoms with Crippen molar-refractivity contribution in [1.82, 2.24) is 9.13 Å². The standard InChI is InChI=1S/C46H30N2/c1-2-13-33(14-3-1)37-16-6-9-19-41(37)48-43-21-11-8-18-40(43)45-44(48)29-28-39-38-17-7-10-20-42(38)47(46(39)45)36-26-24-32(25-27-36)35-23-22-31-12-4-5-15-34(31)30-35/h1-30H. The molecule has 2 aromatic heterocycles. The van der Waals surface area contributed by atoms with Gasteiger partial charge in [-0.3, -0.25) is 0 Å². The molecular weight excluding hydrogens is 581 g/mol. The Morgan fingerprint density at radius 3 is 1.81 bits per heavy atom. The van der Waals surface area contributed by atoms with Gasteiger partial charge in [-0.05, 0) is 69.9 Å². The van der Waals surface area contributed by atoms with Gasteiger partial charge in [0.2, 0.25) is 0 Å². The van der Waals surface area contributed by atoms with Gasteiger partial charge in [0, 0.05) is 32.8 Å². The molecule has 0 aliphatic carbocycles. The van der Waals surface area contributed by atoms with Crippen molar-refractivity contribution in [2.24, 2.45) is 0 Å². The molecule has 0 aliphatic rings. The van der Waals surface area contributed by atoms with Crippen LogP contribution in [-0.2, 0) is 0 Å². The lowest BCUT2D eigenvalue weighted by Gasteiger charge is -2.14. The third kappa shape index (κ3) is 4.00. The topological polar surface area (TPSA) is 9.86 Å². The number of fused-ring (bicyclic) bond motifs is 8. The second-order valence-corrected chi connectivity index (χ2v) is 12.6. The van der Waals surface area contributed by atoms with Gasteiger partial charge in [-0.25, -0.2) is 0 Å². The molecule has 2 heterocycles. The Labute approximate surface area is 278 Å². The highest BCUT2D eigenvalue weighted by atomic mass is 15.0. The highest BCUT2D eigenvalue weighted by molar-refractivity contribution is 6.26. The third-order valence-corrected chi connectivity index (χ3v) is 9.91. The second-order valence-electron chi connectivity index (χ2n) is 12.6. The Hall–Kier alpha value is -6.38. The van der Waals surface area contributed by atoms with Crippen LogP contribution in [0.4, 0.5) is 0 Å². The average molecular weight is 611 g/mol. The van der Waals surface area contributed by atoms with E-state index in [0.717, 1.165) is 5.69 Å². The summed E-state index contributed by atoms with van der Waals surface area (Å²) in [5, 5.41) is 7.55. The maximum Gasteiger partial charge on any atom is 0.0641 e. The first-order chi connectivity index (χ1) is 23.8. The van der Waals surface area contributed by atoms with Gasteiger partial charge in [0.05, 0.1) is 27.8 Å². The van der Waals surface area contributed by atoms with Crippen LogP contribution in [0, 0.1) is 0 Å². The number of benzene rings is 8. The third-order valence-electron chi connectivity index (χ3n) is 9.91. The molecule has 0 unspecified atom stereocenters. The fourth-order valence-electron chi connectivity index (χ4n) is 7.74. The number of nitrogens with zero attached hydrogens (tertiary/aromatic N) is 2. The van der Waals surface area contributed by atoms with Crippen molar-refractivity contribution in [3.63, 3.8) is 0 Å². The van der Waals surface area contributed by atoms with E-state index in [1.165, 1.54) is 82.3 Å². The fourth-order valence-corrected chi connectivity index (χ4v) is 7.74. The minimum Gasteiger partial charge on any atom is -0.309 e. The molecule has 10 aromatic rings. The Kier molecular flexibility index (Phi) is 5.91. The van der Waals surface area contributed by atoms with Crippen molar-refractivity contribution in [3.8, 4) is 33.6 Å². The molecule has 48 heavy (non-hydrogen) atoms. The van der Waals surface area contributed by atoms with Crippen LogP contribution in [0.25, 0.3) is 88.0 Å². The molecule has 8 aromatic carbocycles. The summed E-state index contributed by atoms with van der Waals surface area (Å²) >= 11 is 0. The lowest BCUT2D eigenvalue weighted by molar-refractivity contribution is 1.17. The van der Waals surface area contributed by atoms with Gasteiger partial charge in [-0.1, -0.05) is 140 Å². The van der Waals surface area contributed by atoms with E-state index in [1.54, 1.807) is 0 Å². The zero-order valence-electron chi connectivity index (χ0n) is 26.2. The van der Waals surface area contributed by atoms with Crippen molar-refractivity contribution in [2.45, 2.75) is 0 Å². The number of hydrogen-bond donors (Lipinski definition) is 0. The van der Waals surface area contributed by atoms with Gasteiger partial charge in [0.1, 0.15) is 0 Å². The molecule has 2 nitrogen and oxygen atoms in total. The van der Waals surface area contributed by atoms with Gasteiger partial charge in [0.15, 0.2) is 0 Å². The fraction of sp³-hybridized carbons (Fsp3) is 0. The molecule has 0 spiro atoms. The summed E-state index contributed by atoms with van der Waals surface area (Å²) in [5.74, 6) is 0. The normalized spacial score (nSPS) is 11.8. The summed E-state index contributed by atoms with van der Waals surface area (Å²) < 4.78 is 4.92. The molecule has 10 rings (SSSR count). The number of rotatable bonds is 4. The van der Waals surface area contributed by atoms with Gasteiger partial charge < -0.3 is 9.13 Å². The zero-order valence-corrected chi connectivity index (χ0v) is 26.2. The summed E-state index contributed by atoms with van der Waals surface area (Å²) in [6, 6.07) is 66.2. The van der Waals surface area contributed by atoms with E-state index in [2.05, 4.69) is 191 Å². The van der Waals surface area contributed by atoms with E-state index in [9.17, 15) is 0 Å². The summed E-state index contributed by atoms with van der Waals surface area (Å²) in [6.45, 7) is 0. The number of hydrogen-bond acceptors (Lipinski definition) is 0. The van der Waals surface area contributed by atoms with E-state index in [-0.39, 0.29) is 0 Å². The van der Waals surface area contributed by atoms with Gasteiger partial charge in [-0.15, -0.1) is 0 Å². The summed E-state index contributed by atoms with van der Waals surface area (Å²) in [6.07, 6.45) is 0. The van der Waals surface area contributed by atoms with Crippen LogP contribution < -0.4 is 0 Å². The molecule has 0 radical (unpaired) electrons. The number of aromatic nitrogens is 2. The average Bonchev–Trinajstić information content (AvgIpc) is 3.68. The van der Waals surface area contributed by atoms with Gasteiger partial charge in [-0.2, -0.15) is 0 Å². The second kappa shape index (κ2) is 10.6. The minimum absolute atomic E-state index is 1.15. The SMILES string of the molecule is c1ccc(-c2ccccc2-n2c3ccccc3c3c2ccc2c4ccccc4n(-c4ccc(-c5ccc6ccccc6c5)cc4)c23)cc1. The smallest absolute Gasteiger partial charge is 0.0641 e. The molecule has 224 valence electrons. The summed E-state index contributed by atoms with van der Waals surface area (Å²) in [4.78, 5) is 0. The molecule has 0 bridgehead atoms. The van der Waals surface area contributed by atoms with Crippen molar-refractivity contribution >= 4 is 54.4 Å². The van der Waals surface area contributed by atoms with Crippen LogP contribution in [0.3, 0.4) is 0 Å². The molecule has 0 aliphatic heterocycles. The quantitative estimate of drug-likeness (QED) is 0.188. The van der Waals surface area contributed by atoms with E-state index < -0.39 is 0 Å². The molecular formula is C46H30N2. The van der Waals surface area contributed by atoms with Crippen molar-refractivity contribution < 1.29 is 0 Å². The first-order valence-corrected chi connectivity index (χ1v) is 16.5. The van der Waals surface area contributed by atoms with Crippen LogP contribution >= 0.6 is 0 Å². The largest absolute Gasteiger partial charge is 0.309 e. The lowest BCUT2D eigenvalue weighted by Crippen LogP contribution is -1.97. The highest BCUT2D eigenvalue weighted by Crippen LogP contribution is 2.43. The predicted octanol–water partition coefficient (Wildman–Crippen LogP) is 12.4. The van der Waals surface area contributed by atoms with E-state index in [0.29, 0.717) is 0 Å². The highest BCUT2D eigenvalue weighted by Gasteiger charge is 2.21. The Morgan fingerprint density at radius 2 is 0.979 bits per heavy atom. The van der Waals surface area contributed by atoms with Gasteiger partial charge >= 0.3 is 0 Å². The molecule has 0 N–H and O–H groups in total. The molecule has 0 fully saturated rings. The predicted molar refractivity (Wildman–Crippen MR) is 203 cm³/mol. The maximum absolute atomic E-state index is 2.47. The van der Waals surface area contributed by atoms with Crippen LogP contribution in [0.5, 0.6) is 0 Å². The maximum atomic E-state index is 2.47. The molecule has 2 heteroatoms. The lowest BCUT2D eigenvalue weighted by atomic mass is 10.0. The van der Waals surface area contributed by atoms with Crippen LogP contribution in [0.15, 0.2) is 182 Å². The molecule has 0 amide bonds. The summed E-state index contributed by atoms with van der Waals surface area (Å²) in [7, 11) is 0. The Morgan fingerprint density at radius 1 is 0.333 bits per heavy atom. The molecule has 0 saturated heterocycles. The van der Waals surface area contributed by atoms with E-state index in [1.807, 2.05) is 0 Å². The van der Waals surface area contributed by atoms with Crippen molar-refractivity contribution in [3.05, 3.63) is 182 Å². The first kappa shape index (κ1) is 26.8. The Balaban J connectivity index is 1.25. The first-order valence-electron chi connectivity index (χ1n) is 16.5. The number of para-hydroxylation sites is 3. The molecule has 0 atom stereocenters. The van der Waals surface area contributed by atoms with Crippen molar-refractivity contribution in [1.29, 1.82) is 0 Å². The summed E-state index contributed by atoms with van der Waals surface area (Å²) in [5.41, 5.74) is 12.0. The van der Waals surface area contributed by atoms with Crippen molar-refractivity contribution in [2.75, 3.05) is 0 Å². The molecule has 0 saturated carbocycles. The van der Waals surface area contributed by atoms with E-state index >= 15 is 0 Å². The Bertz CT molecular complexity index is 2820. The van der Waals surface area contributed by atoms with Crippen LogP contribution in [-0.4, -0.2) is 9.13 Å². The van der Waals surface area contributed by atoms with E-state index in [4.69, 9.17) is 0 Å². The van der Waals surface area contributed by atoms with Gasteiger partial charge in [0.25, 0.3) is 0 Å².